The number of aliphatic carboxylic acids is 1. The maximum absolute atomic E-state index is 12.9. The van der Waals surface area contributed by atoms with E-state index in [0.717, 1.165) is 49.0 Å². The summed E-state index contributed by atoms with van der Waals surface area (Å²) in [5.74, 6) is -1.66. The highest BCUT2D eigenvalue weighted by atomic mass is 16.5. The van der Waals surface area contributed by atoms with Crippen molar-refractivity contribution in [2.24, 2.45) is 5.92 Å². The summed E-state index contributed by atoms with van der Waals surface area (Å²) < 4.78 is 7.22. The molecule has 2 aliphatic rings. The van der Waals surface area contributed by atoms with E-state index in [0.29, 0.717) is 18.9 Å². The van der Waals surface area contributed by atoms with Crippen molar-refractivity contribution in [3.63, 3.8) is 0 Å². The first-order valence-corrected chi connectivity index (χ1v) is 9.42. The fourth-order valence-corrected chi connectivity index (χ4v) is 4.02. The Morgan fingerprint density at radius 1 is 1.22 bits per heavy atom. The van der Waals surface area contributed by atoms with Crippen molar-refractivity contribution in [3.05, 3.63) is 47.3 Å². The van der Waals surface area contributed by atoms with Crippen molar-refractivity contribution in [3.8, 4) is 5.69 Å². The minimum absolute atomic E-state index is 0.218. The van der Waals surface area contributed by atoms with Gasteiger partial charge < -0.3 is 15.2 Å². The van der Waals surface area contributed by atoms with Gasteiger partial charge in [-0.05, 0) is 44.2 Å². The summed E-state index contributed by atoms with van der Waals surface area (Å²) in [5, 5.41) is 16.8. The van der Waals surface area contributed by atoms with Crippen LogP contribution in [0.3, 0.4) is 0 Å². The summed E-state index contributed by atoms with van der Waals surface area (Å²) >= 11 is 0. The van der Waals surface area contributed by atoms with Crippen molar-refractivity contribution < 1.29 is 19.4 Å². The molecule has 4 rings (SSSR count). The summed E-state index contributed by atoms with van der Waals surface area (Å²) in [4.78, 5) is 24.6. The zero-order valence-corrected chi connectivity index (χ0v) is 15.1. The highest BCUT2D eigenvalue weighted by molar-refractivity contribution is 5.96. The number of carbonyl (C=O) groups excluding carboxylic acids is 1. The fraction of sp³-hybridized carbons (Fsp3) is 0.450. The van der Waals surface area contributed by atoms with Gasteiger partial charge in [0.25, 0.3) is 5.91 Å². The molecule has 0 saturated carbocycles. The lowest BCUT2D eigenvalue weighted by molar-refractivity contribution is -0.142. The van der Waals surface area contributed by atoms with Crippen molar-refractivity contribution in [2.45, 2.75) is 38.1 Å². The SMILES string of the molecule is O=C(NC(C(=O)O)C1CCCOC1)c1nn(-c2ccccc2)c2c1CCC2. The average molecular weight is 369 g/mol. The lowest BCUT2D eigenvalue weighted by atomic mass is 9.93. The third-order valence-corrected chi connectivity index (χ3v) is 5.37. The lowest BCUT2D eigenvalue weighted by Crippen LogP contribution is -2.48. The Kier molecular flexibility index (Phi) is 4.94. The van der Waals surface area contributed by atoms with Gasteiger partial charge in [-0.25, -0.2) is 9.48 Å². The molecule has 2 heterocycles. The van der Waals surface area contributed by atoms with Gasteiger partial charge in [-0.3, -0.25) is 4.79 Å². The van der Waals surface area contributed by atoms with Gasteiger partial charge in [-0.2, -0.15) is 5.10 Å². The quantitative estimate of drug-likeness (QED) is 0.840. The number of carboxylic acids is 1. The summed E-state index contributed by atoms with van der Waals surface area (Å²) in [5.41, 5.74) is 3.22. The second kappa shape index (κ2) is 7.52. The molecule has 1 amide bonds. The molecule has 1 saturated heterocycles. The number of amides is 1. The Labute approximate surface area is 157 Å². The van der Waals surface area contributed by atoms with Crippen LogP contribution in [0.2, 0.25) is 0 Å². The summed E-state index contributed by atoms with van der Waals surface area (Å²) in [6, 6.07) is 8.74. The van der Waals surface area contributed by atoms with Crippen LogP contribution in [-0.4, -0.2) is 46.0 Å². The first kappa shape index (κ1) is 17.7. The van der Waals surface area contributed by atoms with Crippen LogP contribution in [0.1, 0.15) is 41.0 Å². The molecule has 0 radical (unpaired) electrons. The maximum atomic E-state index is 12.9. The van der Waals surface area contributed by atoms with Crippen molar-refractivity contribution in [1.29, 1.82) is 0 Å². The van der Waals surface area contributed by atoms with E-state index in [-0.39, 0.29) is 5.92 Å². The van der Waals surface area contributed by atoms with Crippen molar-refractivity contribution >= 4 is 11.9 Å². The van der Waals surface area contributed by atoms with Gasteiger partial charge in [0.2, 0.25) is 0 Å². The third-order valence-electron chi connectivity index (χ3n) is 5.37. The highest BCUT2D eigenvalue weighted by Crippen LogP contribution is 2.28. The van der Waals surface area contributed by atoms with Crippen LogP contribution in [0.15, 0.2) is 30.3 Å². The molecule has 2 aromatic rings. The number of carboxylic acid groups (broad SMARTS) is 1. The van der Waals surface area contributed by atoms with Gasteiger partial charge in [0.1, 0.15) is 6.04 Å². The Morgan fingerprint density at radius 3 is 2.74 bits per heavy atom. The van der Waals surface area contributed by atoms with Crippen LogP contribution in [0, 0.1) is 5.92 Å². The van der Waals surface area contributed by atoms with Crippen LogP contribution in [0.4, 0.5) is 0 Å². The van der Waals surface area contributed by atoms with E-state index >= 15 is 0 Å². The molecule has 27 heavy (non-hydrogen) atoms. The highest BCUT2D eigenvalue weighted by Gasteiger charge is 2.34. The molecule has 1 fully saturated rings. The Balaban J connectivity index is 1.61. The Morgan fingerprint density at radius 2 is 2.04 bits per heavy atom. The number of hydrogen-bond acceptors (Lipinski definition) is 4. The molecule has 2 unspecified atom stereocenters. The molecule has 0 spiro atoms. The van der Waals surface area contributed by atoms with Crippen molar-refractivity contribution in [2.75, 3.05) is 13.2 Å². The van der Waals surface area contributed by atoms with E-state index in [9.17, 15) is 14.7 Å². The number of hydrogen-bond donors (Lipinski definition) is 2. The van der Waals surface area contributed by atoms with Gasteiger partial charge in [-0.15, -0.1) is 0 Å². The molecule has 142 valence electrons. The first-order valence-electron chi connectivity index (χ1n) is 9.42. The molecule has 1 aliphatic carbocycles. The molecule has 7 heteroatoms. The lowest BCUT2D eigenvalue weighted by Gasteiger charge is -2.27. The molecule has 2 N–H and O–H groups in total. The summed E-state index contributed by atoms with van der Waals surface area (Å²) in [7, 11) is 0. The van der Waals surface area contributed by atoms with E-state index in [1.54, 1.807) is 0 Å². The van der Waals surface area contributed by atoms with E-state index in [1.807, 2.05) is 35.0 Å². The average Bonchev–Trinajstić information content (AvgIpc) is 3.29. The zero-order chi connectivity index (χ0) is 18.8. The molecule has 2 atom stereocenters. The molecular formula is C20H23N3O4. The van der Waals surface area contributed by atoms with E-state index in [1.165, 1.54) is 0 Å². The normalized spacial score (nSPS) is 20.1. The topological polar surface area (TPSA) is 93.5 Å². The van der Waals surface area contributed by atoms with E-state index < -0.39 is 17.9 Å². The Hall–Kier alpha value is -2.67. The number of para-hydroxylation sites is 1. The predicted molar refractivity (Wildman–Crippen MR) is 98.0 cm³/mol. The number of aromatic nitrogens is 2. The van der Waals surface area contributed by atoms with Gasteiger partial charge in [-0.1, -0.05) is 18.2 Å². The summed E-state index contributed by atoms with van der Waals surface area (Å²) in [6.07, 6.45) is 4.16. The second-order valence-corrected chi connectivity index (χ2v) is 7.14. The third kappa shape index (κ3) is 3.47. The molecule has 7 nitrogen and oxygen atoms in total. The van der Waals surface area contributed by atoms with Crippen molar-refractivity contribution in [1.82, 2.24) is 15.1 Å². The fourth-order valence-electron chi connectivity index (χ4n) is 4.02. The van der Waals surface area contributed by atoms with Gasteiger partial charge in [0.15, 0.2) is 5.69 Å². The minimum atomic E-state index is -1.03. The first-order chi connectivity index (χ1) is 13.1. The van der Waals surface area contributed by atoms with Crippen LogP contribution in [0.5, 0.6) is 0 Å². The monoisotopic (exact) mass is 369 g/mol. The molecule has 1 aromatic carbocycles. The summed E-state index contributed by atoms with van der Waals surface area (Å²) in [6.45, 7) is 1.000. The molecule has 1 aromatic heterocycles. The largest absolute Gasteiger partial charge is 0.480 e. The maximum Gasteiger partial charge on any atom is 0.326 e. The van der Waals surface area contributed by atoms with Crippen LogP contribution in [0.25, 0.3) is 5.69 Å². The van der Waals surface area contributed by atoms with Crippen LogP contribution < -0.4 is 5.32 Å². The molecule has 1 aliphatic heterocycles. The number of fused-ring (bicyclic) bond motifs is 1. The van der Waals surface area contributed by atoms with Crippen LogP contribution >= 0.6 is 0 Å². The number of nitrogens with zero attached hydrogens (tertiary/aromatic N) is 2. The van der Waals surface area contributed by atoms with E-state index in [2.05, 4.69) is 10.4 Å². The second-order valence-electron chi connectivity index (χ2n) is 7.14. The number of carbonyl (C=O) groups is 2. The number of ether oxygens (including phenoxy) is 1. The zero-order valence-electron chi connectivity index (χ0n) is 15.1. The number of rotatable bonds is 5. The van der Waals surface area contributed by atoms with Gasteiger partial charge in [0.05, 0.1) is 12.3 Å². The smallest absolute Gasteiger partial charge is 0.326 e. The predicted octanol–water partition coefficient (Wildman–Crippen LogP) is 1.97. The Bertz CT molecular complexity index is 840. The number of nitrogens with one attached hydrogen (secondary N) is 1. The molecule has 0 bridgehead atoms. The van der Waals surface area contributed by atoms with E-state index in [4.69, 9.17) is 4.74 Å². The standard InChI is InChI=1S/C20H23N3O4/c24-19(21-17(20(25)26)13-6-5-11-27-12-13)18-15-9-4-10-16(15)23(22-18)14-7-2-1-3-8-14/h1-3,7-8,13,17H,4-6,9-12H2,(H,21,24)(H,25,26). The van der Waals surface area contributed by atoms with Gasteiger partial charge >= 0.3 is 5.97 Å². The molecular weight excluding hydrogens is 346 g/mol. The van der Waals surface area contributed by atoms with Crippen LogP contribution in [-0.2, 0) is 22.4 Å². The van der Waals surface area contributed by atoms with Gasteiger partial charge in [0, 0.05) is 23.8 Å². The number of benzene rings is 1. The minimum Gasteiger partial charge on any atom is -0.480 e.